The summed E-state index contributed by atoms with van der Waals surface area (Å²) in [4.78, 5) is 23.3. The van der Waals surface area contributed by atoms with Crippen LogP contribution in [0.2, 0.25) is 0 Å². The van der Waals surface area contributed by atoms with Gasteiger partial charge in [0, 0.05) is 6.54 Å². The molecule has 2 aromatic rings. The largest absolute Gasteiger partial charge is 0.494 e. The van der Waals surface area contributed by atoms with E-state index in [1.807, 2.05) is 13.0 Å². The van der Waals surface area contributed by atoms with Crippen molar-refractivity contribution in [1.29, 1.82) is 0 Å². The quantitative estimate of drug-likeness (QED) is 0.730. The molecule has 132 valence electrons. The van der Waals surface area contributed by atoms with E-state index < -0.39 is 11.9 Å². The number of aliphatic carboxylic acids is 1. The number of carbonyl (C=O) groups excluding carboxylic acids is 1. The first kappa shape index (κ1) is 18.3. The lowest BCUT2D eigenvalue weighted by Crippen LogP contribution is -2.34. The molecule has 0 bridgehead atoms. The summed E-state index contributed by atoms with van der Waals surface area (Å²) in [5.41, 5.74) is 0.641. The molecule has 0 aliphatic heterocycles. The summed E-state index contributed by atoms with van der Waals surface area (Å²) in [5.74, 6) is -0.895. The average Bonchev–Trinajstić information content (AvgIpc) is 2.62. The third-order valence-electron chi connectivity index (χ3n) is 3.51. The van der Waals surface area contributed by atoms with Gasteiger partial charge in [-0.05, 0) is 36.8 Å². The number of carbonyl (C=O) groups is 2. The number of amides is 1. The van der Waals surface area contributed by atoms with E-state index in [4.69, 9.17) is 9.47 Å². The van der Waals surface area contributed by atoms with Gasteiger partial charge in [0.05, 0.1) is 12.5 Å². The first-order chi connectivity index (χ1) is 12.1. The van der Waals surface area contributed by atoms with E-state index in [0.717, 1.165) is 5.75 Å². The van der Waals surface area contributed by atoms with Crippen molar-refractivity contribution in [3.8, 4) is 11.5 Å². The number of carboxylic acid groups (broad SMARTS) is 1. The van der Waals surface area contributed by atoms with Gasteiger partial charge in [0.15, 0.2) is 6.61 Å². The van der Waals surface area contributed by atoms with E-state index in [9.17, 15) is 14.7 Å². The van der Waals surface area contributed by atoms with Crippen molar-refractivity contribution in [2.75, 3.05) is 19.8 Å². The number of nitrogens with one attached hydrogen (secondary N) is 1. The first-order valence-electron chi connectivity index (χ1n) is 8.00. The molecule has 1 amide bonds. The van der Waals surface area contributed by atoms with Crippen LogP contribution in [-0.4, -0.2) is 36.7 Å². The van der Waals surface area contributed by atoms with E-state index in [1.165, 1.54) is 0 Å². The van der Waals surface area contributed by atoms with Crippen molar-refractivity contribution in [2.45, 2.75) is 12.8 Å². The molecule has 0 aliphatic rings. The minimum atomic E-state index is -0.987. The molecule has 1 unspecified atom stereocenters. The van der Waals surface area contributed by atoms with Gasteiger partial charge < -0.3 is 19.9 Å². The summed E-state index contributed by atoms with van der Waals surface area (Å²) in [6.45, 7) is 2.29. The summed E-state index contributed by atoms with van der Waals surface area (Å²) in [6.07, 6.45) is 0. The number of benzene rings is 2. The summed E-state index contributed by atoms with van der Waals surface area (Å²) in [7, 11) is 0. The van der Waals surface area contributed by atoms with Gasteiger partial charge in [-0.2, -0.15) is 0 Å². The Morgan fingerprint density at radius 1 is 1.00 bits per heavy atom. The maximum absolute atomic E-state index is 11.9. The summed E-state index contributed by atoms with van der Waals surface area (Å²) in [6, 6.07) is 15.7. The highest BCUT2D eigenvalue weighted by atomic mass is 16.5. The van der Waals surface area contributed by atoms with E-state index in [0.29, 0.717) is 17.9 Å². The van der Waals surface area contributed by atoms with Crippen LogP contribution in [0.1, 0.15) is 18.4 Å². The maximum Gasteiger partial charge on any atom is 0.312 e. The summed E-state index contributed by atoms with van der Waals surface area (Å²) in [5, 5.41) is 11.9. The van der Waals surface area contributed by atoms with E-state index in [2.05, 4.69) is 5.32 Å². The molecule has 0 radical (unpaired) electrons. The molecular formula is C19H21NO5. The van der Waals surface area contributed by atoms with Crippen molar-refractivity contribution in [3.05, 3.63) is 60.2 Å². The Morgan fingerprint density at radius 3 is 2.16 bits per heavy atom. The molecule has 2 rings (SSSR count). The molecule has 0 aromatic heterocycles. The minimum Gasteiger partial charge on any atom is -0.494 e. The lowest BCUT2D eigenvalue weighted by atomic mass is 9.99. The number of hydrogen-bond acceptors (Lipinski definition) is 4. The van der Waals surface area contributed by atoms with Crippen LogP contribution in [0.15, 0.2) is 54.6 Å². The number of rotatable bonds is 9. The number of ether oxygens (including phenoxy) is 2. The Hall–Kier alpha value is -3.02. The van der Waals surface area contributed by atoms with Crippen LogP contribution in [0.4, 0.5) is 0 Å². The molecule has 6 nitrogen and oxygen atoms in total. The highest BCUT2D eigenvalue weighted by molar-refractivity contribution is 5.80. The predicted molar refractivity (Wildman–Crippen MR) is 92.9 cm³/mol. The minimum absolute atomic E-state index is 0.00478. The number of carboxylic acids is 1. The van der Waals surface area contributed by atoms with Gasteiger partial charge in [-0.15, -0.1) is 0 Å². The van der Waals surface area contributed by atoms with Gasteiger partial charge in [-0.3, -0.25) is 9.59 Å². The second-order valence-electron chi connectivity index (χ2n) is 5.30. The van der Waals surface area contributed by atoms with Crippen LogP contribution < -0.4 is 14.8 Å². The fraction of sp³-hybridized carbons (Fsp3) is 0.263. The highest BCUT2D eigenvalue weighted by Crippen LogP contribution is 2.17. The van der Waals surface area contributed by atoms with Crippen molar-refractivity contribution in [2.24, 2.45) is 0 Å². The normalized spacial score (nSPS) is 11.4. The van der Waals surface area contributed by atoms with Crippen LogP contribution in [0.5, 0.6) is 11.5 Å². The Morgan fingerprint density at radius 2 is 1.60 bits per heavy atom. The Bertz CT molecular complexity index is 685. The van der Waals surface area contributed by atoms with E-state index in [-0.39, 0.29) is 19.1 Å². The topological polar surface area (TPSA) is 84.9 Å². The monoisotopic (exact) mass is 343 g/mol. The molecule has 6 heteroatoms. The van der Waals surface area contributed by atoms with Crippen molar-refractivity contribution < 1.29 is 24.2 Å². The average molecular weight is 343 g/mol. The molecule has 0 spiro atoms. The molecule has 0 saturated heterocycles. The maximum atomic E-state index is 11.9. The smallest absolute Gasteiger partial charge is 0.312 e. The molecule has 2 aromatic carbocycles. The Kier molecular flexibility index (Phi) is 6.83. The third-order valence-corrected chi connectivity index (χ3v) is 3.51. The second-order valence-corrected chi connectivity index (χ2v) is 5.30. The van der Waals surface area contributed by atoms with Gasteiger partial charge in [0.25, 0.3) is 5.91 Å². The van der Waals surface area contributed by atoms with Crippen LogP contribution >= 0.6 is 0 Å². The van der Waals surface area contributed by atoms with Gasteiger partial charge in [0.1, 0.15) is 11.5 Å². The molecule has 2 N–H and O–H groups in total. The summed E-state index contributed by atoms with van der Waals surface area (Å²) < 4.78 is 10.7. The molecule has 0 fully saturated rings. The van der Waals surface area contributed by atoms with Crippen LogP contribution in [0, 0.1) is 0 Å². The Balaban J connectivity index is 1.82. The fourth-order valence-electron chi connectivity index (χ4n) is 2.25. The molecule has 1 atom stereocenters. The van der Waals surface area contributed by atoms with Crippen molar-refractivity contribution in [3.63, 3.8) is 0 Å². The van der Waals surface area contributed by atoms with Gasteiger partial charge in [-0.25, -0.2) is 0 Å². The number of hydrogen-bond donors (Lipinski definition) is 2. The van der Waals surface area contributed by atoms with E-state index >= 15 is 0 Å². The SMILES string of the molecule is CCOc1ccc(OCC(=O)NCC(C(=O)O)c2ccccc2)cc1. The second kappa shape index (κ2) is 9.32. The van der Waals surface area contributed by atoms with E-state index in [1.54, 1.807) is 48.5 Å². The van der Waals surface area contributed by atoms with Crippen LogP contribution in [0.3, 0.4) is 0 Å². The molecular weight excluding hydrogens is 322 g/mol. The van der Waals surface area contributed by atoms with Gasteiger partial charge in [-0.1, -0.05) is 30.3 Å². The van der Waals surface area contributed by atoms with Crippen molar-refractivity contribution >= 4 is 11.9 Å². The molecule has 0 saturated carbocycles. The Labute approximate surface area is 146 Å². The van der Waals surface area contributed by atoms with Crippen LogP contribution in [0.25, 0.3) is 0 Å². The third kappa shape index (κ3) is 5.84. The predicted octanol–water partition coefficient (Wildman–Crippen LogP) is 2.45. The zero-order chi connectivity index (χ0) is 18.1. The first-order valence-corrected chi connectivity index (χ1v) is 8.00. The van der Waals surface area contributed by atoms with Crippen LogP contribution in [-0.2, 0) is 9.59 Å². The fourth-order valence-corrected chi connectivity index (χ4v) is 2.25. The molecule has 0 aliphatic carbocycles. The van der Waals surface area contributed by atoms with Gasteiger partial charge >= 0.3 is 5.97 Å². The lowest BCUT2D eigenvalue weighted by molar-refractivity contribution is -0.138. The zero-order valence-corrected chi connectivity index (χ0v) is 14.0. The van der Waals surface area contributed by atoms with Crippen molar-refractivity contribution in [1.82, 2.24) is 5.32 Å². The lowest BCUT2D eigenvalue weighted by Gasteiger charge is -2.14. The standard InChI is InChI=1S/C19H21NO5/c1-2-24-15-8-10-16(11-9-15)25-13-18(21)20-12-17(19(22)23)14-6-4-3-5-7-14/h3-11,17H,2,12-13H2,1H3,(H,20,21)(H,22,23). The molecule has 25 heavy (non-hydrogen) atoms. The zero-order valence-electron chi connectivity index (χ0n) is 14.0. The summed E-state index contributed by atoms with van der Waals surface area (Å²) >= 11 is 0. The highest BCUT2D eigenvalue weighted by Gasteiger charge is 2.20. The van der Waals surface area contributed by atoms with Gasteiger partial charge in [0.2, 0.25) is 0 Å². The molecule has 0 heterocycles.